The Morgan fingerprint density at radius 2 is 0.667 bits per heavy atom. The van der Waals surface area contributed by atoms with Gasteiger partial charge in [-0.3, -0.25) is 0 Å². The van der Waals surface area contributed by atoms with Gasteiger partial charge in [0.25, 0.3) is 0 Å². The average Bonchev–Trinajstić information content (AvgIpc) is 3.59. The third kappa shape index (κ3) is 3.53. The summed E-state index contributed by atoms with van der Waals surface area (Å²) in [7, 11) is -1.09. The van der Waals surface area contributed by atoms with Crippen molar-refractivity contribution in [3.05, 3.63) is 167 Å². The van der Waals surface area contributed by atoms with Crippen molar-refractivity contribution in [2.45, 2.75) is 11.3 Å². The largest absolute Gasteiger partial charge is 0.0997 e. The highest BCUT2D eigenvalue weighted by atomic mass is 31.1. The van der Waals surface area contributed by atoms with Crippen molar-refractivity contribution in [3.8, 4) is 21.7 Å². The van der Waals surface area contributed by atoms with E-state index in [2.05, 4.69) is 146 Å². The van der Waals surface area contributed by atoms with Crippen LogP contribution in [-0.4, -0.2) is 0 Å². The van der Waals surface area contributed by atoms with Gasteiger partial charge in [-0.2, -0.15) is 0 Å². The first-order valence-electron chi connectivity index (χ1n) is 12.5. The van der Waals surface area contributed by atoms with E-state index in [1.54, 1.807) is 10.6 Å². The van der Waals surface area contributed by atoms with Crippen molar-refractivity contribution in [3.63, 3.8) is 0 Å². The molecule has 0 spiro atoms. The normalized spacial score (nSPS) is 17.3. The van der Waals surface area contributed by atoms with E-state index in [0.29, 0.717) is 11.3 Å². The van der Waals surface area contributed by atoms with Gasteiger partial charge in [0.05, 0.1) is 11.3 Å². The molecule has 4 atom stereocenters. The lowest BCUT2D eigenvalue weighted by Gasteiger charge is -2.34. The van der Waals surface area contributed by atoms with Gasteiger partial charge in [0.15, 0.2) is 0 Å². The van der Waals surface area contributed by atoms with Crippen LogP contribution < -0.4 is 0 Å². The highest BCUT2D eigenvalue weighted by Crippen LogP contribution is 2.74. The zero-order valence-corrected chi connectivity index (χ0v) is 21.7. The fraction of sp³-hybridized carbons (Fsp3) is 0.0588. The predicted molar refractivity (Wildman–Crippen MR) is 157 cm³/mol. The molecule has 0 amide bonds. The molecule has 2 aromatic heterocycles. The molecule has 0 nitrogen and oxygen atoms in total. The molecule has 172 valence electrons. The van der Waals surface area contributed by atoms with Gasteiger partial charge < -0.3 is 0 Å². The summed E-state index contributed by atoms with van der Waals surface area (Å²) >= 11 is 0. The Morgan fingerprint density at radius 3 is 1.03 bits per heavy atom. The number of hydrogen-bond acceptors (Lipinski definition) is 0. The van der Waals surface area contributed by atoms with E-state index in [9.17, 15) is 0 Å². The molecule has 1 aliphatic rings. The number of rotatable bonds is 4. The second kappa shape index (κ2) is 9.15. The van der Waals surface area contributed by atoms with Gasteiger partial charge in [0, 0.05) is 10.6 Å². The van der Waals surface area contributed by atoms with Crippen molar-refractivity contribution in [2.24, 2.45) is 0 Å². The van der Waals surface area contributed by atoms with Crippen molar-refractivity contribution >= 4 is 15.1 Å². The van der Waals surface area contributed by atoms with Gasteiger partial charge in [-0.05, 0) is 45.0 Å². The van der Waals surface area contributed by atoms with E-state index in [0.717, 1.165) is 0 Å². The Morgan fingerprint density at radius 1 is 0.333 bits per heavy atom. The third-order valence-electron chi connectivity index (χ3n) is 7.35. The first-order chi connectivity index (χ1) is 17.9. The fourth-order valence-electron chi connectivity index (χ4n) is 5.81. The number of benzene rings is 4. The molecule has 0 radical (unpaired) electrons. The molecule has 0 fully saturated rings. The summed E-state index contributed by atoms with van der Waals surface area (Å²) in [5.41, 5.74) is 6.44. The van der Waals surface area contributed by atoms with Crippen LogP contribution in [0.2, 0.25) is 0 Å². The topological polar surface area (TPSA) is 0 Å². The molecule has 0 bridgehead atoms. The Bertz CT molecular complexity index is 1490. The molecule has 3 heterocycles. The molecule has 7 rings (SSSR count). The maximum atomic E-state index is 2.49. The highest BCUT2D eigenvalue weighted by Gasteiger charge is 2.38. The number of hydrogen-bond donors (Lipinski definition) is 0. The van der Waals surface area contributed by atoms with Crippen LogP contribution in [0.5, 0.6) is 0 Å². The smallest absolute Gasteiger partial charge is 0.0520 e. The minimum atomic E-state index is -0.545. The summed E-state index contributed by atoms with van der Waals surface area (Å²) in [5, 5.41) is 6.30. The van der Waals surface area contributed by atoms with Crippen molar-refractivity contribution in [1.82, 2.24) is 0 Å². The van der Waals surface area contributed by atoms with Gasteiger partial charge in [-0.25, -0.2) is 0 Å². The van der Waals surface area contributed by atoms with Gasteiger partial charge >= 0.3 is 0 Å². The van der Waals surface area contributed by atoms with Crippen LogP contribution in [0, 0.1) is 0 Å². The monoisotopic (exact) mass is 496 g/mol. The lowest BCUT2D eigenvalue weighted by molar-refractivity contribution is 1.12. The molecule has 2 heteroatoms. The molecule has 0 saturated carbocycles. The lowest BCUT2D eigenvalue weighted by atomic mass is 10.1. The maximum absolute atomic E-state index is 2.49. The lowest BCUT2D eigenvalue weighted by Crippen LogP contribution is -2.05. The molecule has 0 aliphatic carbocycles. The SMILES string of the molecule is c1ccc(-c2ccc3p2C(c2ccccc2)c2ccc(-c4ccccc4)p2C3c2ccccc2)cc1. The summed E-state index contributed by atoms with van der Waals surface area (Å²) in [5.74, 6) is 0. The predicted octanol–water partition coefficient (Wildman–Crippen LogP) is 10.6. The molecule has 6 aromatic rings. The molecule has 4 aromatic carbocycles. The molecule has 0 N–H and O–H groups in total. The van der Waals surface area contributed by atoms with Crippen LogP contribution in [0.4, 0.5) is 0 Å². The van der Waals surface area contributed by atoms with E-state index in [4.69, 9.17) is 0 Å². The quantitative estimate of drug-likeness (QED) is 0.227. The van der Waals surface area contributed by atoms with Crippen molar-refractivity contribution < 1.29 is 0 Å². The van der Waals surface area contributed by atoms with E-state index >= 15 is 0 Å². The zero-order chi connectivity index (χ0) is 23.9. The van der Waals surface area contributed by atoms with Gasteiger partial charge in [-0.1, -0.05) is 149 Å². The Hall–Kier alpha value is -3.56. The van der Waals surface area contributed by atoms with Crippen molar-refractivity contribution in [2.75, 3.05) is 0 Å². The Labute approximate surface area is 215 Å². The van der Waals surface area contributed by atoms with E-state index in [-0.39, 0.29) is 0 Å². The minimum absolute atomic E-state index is 0.407. The fourth-order valence-corrected chi connectivity index (χ4v) is 13.2. The van der Waals surface area contributed by atoms with Crippen LogP contribution in [0.25, 0.3) is 21.7 Å². The van der Waals surface area contributed by atoms with E-state index in [1.165, 1.54) is 32.8 Å². The van der Waals surface area contributed by atoms with Crippen LogP contribution in [-0.2, 0) is 0 Å². The van der Waals surface area contributed by atoms with Crippen LogP contribution >= 0.6 is 15.1 Å². The Balaban J connectivity index is 1.56. The summed E-state index contributed by atoms with van der Waals surface area (Å²) in [6.45, 7) is 0. The standard InChI is InChI=1S/C34H26P2/c1-5-13-25(14-6-1)29-21-23-31-34(28-19-11-4-12-20-28)36-30(26-15-7-2-8-16-26)22-24-32(36)33(35(29)31)27-17-9-3-10-18-27/h1-24,33-34H. The number of fused-ring (bicyclic) bond motifs is 2. The van der Waals surface area contributed by atoms with E-state index < -0.39 is 15.1 Å². The second-order valence-electron chi connectivity index (χ2n) is 9.39. The first kappa shape index (κ1) is 21.7. The summed E-state index contributed by atoms with van der Waals surface area (Å²) in [6, 6.07) is 54.5. The second-order valence-corrected chi connectivity index (χ2v) is 13.9. The maximum Gasteiger partial charge on any atom is 0.0520 e. The molecular formula is C34H26P2. The van der Waals surface area contributed by atoms with Gasteiger partial charge in [-0.15, -0.1) is 0 Å². The van der Waals surface area contributed by atoms with Crippen molar-refractivity contribution in [1.29, 1.82) is 0 Å². The van der Waals surface area contributed by atoms with Crippen LogP contribution in [0.3, 0.4) is 0 Å². The molecule has 1 aliphatic heterocycles. The zero-order valence-electron chi connectivity index (χ0n) is 19.9. The Kier molecular flexibility index (Phi) is 5.51. The molecule has 36 heavy (non-hydrogen) atoms. The summed E-state index contributed by atoms with van der Waals surface area (Å²) in [4.78, 5) is 0. The summed E-state index contributed by atoms with van der Waals surface area (Å²) < 4.78 is 0. The molecule has 0 saturated heterocycles. The van der Waals surface area contributed by atoms with Crippen LogP contribution in [0.1, 0.15) is 33.0 Å². The van der Waals surface area contributed by atoms with Crippen LogP contribution in [0.15, 0.2) is 146 Å². The highest BCUT2D eigenvalue weighted by molar-refractivity contribution is 7.62. The first-order valence-corrected chi connectivity index (χ1v) is 15.4. The third-order valence-corrected chi connectivity index (χ3v) is 13.7. The molecular weight excluding hydrogens is 470 g/mol. The molecule has 4 unspecified atom stereocenters. The minimum Gasteiger partial charge on any atom is -0.0997 e. The average molecular weight is 497 g/mol. The van der Waals surface area contributed by atoms with E-state index in [1.807, 2.05) is 0 Å². The summed E-state index contributed by atoms with van der Waals surface area (Å²) in [6.07, 6.45) is 0. The van der Waals surface area contributed by atoms with Gasteiger partial charge in [0.1, 0.15) is 0 Å². The van der Waals surface area contributed by atoms with Gasteiger partial charge in [0.2, 0.25) is 0 Å².